The second-order valence-corrected chi connectivity index (χ2v) is 10.2. The van der Waals surface area contributed by atoms with Crippen molar-refractivity contribution in [1.29, 1.82) is 0 Å². The zero-order valence-corrected chi connectivity index (χ0v) is 19.4. The molecule has 5 rings (SSSR count). The average molecular weight is 453 g/mol. The Morgan fingerprint density at radius 2 is 1.58 bits per heavy atom. The minimum absolute atomic E-state index is 0.401. The third kappa shape index (κ3) is 4.26. The van der Waals surface area contributed by atoms with Crippen LogP contribution >= 0.6 is 0 Å². The molecule has 33 heavy (non-hydrogen) atoms. The topological polar surface area (TPSA) is 90.2 Å². The average Bonchev–Trinajstić information content (AvgIpc) is 3.52. The number of aryl methyl sites for hydroxylation is 1. The maximum atomic E-state index is 11.0. The van der Waals surface area contributed by atoms with E-state index in [0.717, 1.165) is 44.1 Å². The Morgan fingerprint density at radius 3 is 2.27 bits per heavy atom. The van der Waals surface area contributed by atoms with Gasteiger partial charge in [-0.2, -0.15) is 0 Å². The summed E-state index contributed by atoms with van der Waals surface area (Å²) in [5, 5.41) is 41.6. The predicted molar refractivity (Wildman–Crippen MR) is 126 cm³/mol. The maximum Gasteiger partial charge on any atom is 0.113 e. The normalized spacial score (nSPS) is 30.0. The number of aliphatic hydroxyl groups is 4. The zero-order chi connectivity index (χ0) is 23.1. The van der Waals surface area contributed by atoms with Crippen molar-refractivity contribution >= 4 is 0 Å². The van der Waals surface area contributed by atoms with Gasteiger partial charge in [0.15, 0.2) is 0 Å². The van der Waals surface area contributed by atoms with E-state index < -0.39 is 37.1 Å². The van der Waals surface area contributed by atoms with E-state index in [1.165, 1.54) is 46.2 Å². The molecule has 0 aromatic heterocycles. The Kier molecular flexibility index (Phi) is 6.60. The van der Waals surface area contributed by atoms with E-state index in [2.05, 4.69) is 37.3 Å². The van der Waals surface area contributed by atoms with Crippen LogP contribution in [0.15, 0.2) is 30.3 Å². The van der Waals surface area contributed by atoms with Crippen LogP contribution in [0.5, 0.6) is 0 Å². The van der Waals surface area contributed by atoms with Gasteiger partial charge in [-0.15, -0.1) is 0 Å². The highest BCUT2D eigenvalue weighted by molar-refractivity contribution is 5.53. The molecule has 0 unspecified atom stereocenters. The summed E-state index contributed by atoms with van der Waals surface area (Å²) in [6.07, 6.45) is 3.15. The number of ether oxygens (including phenoxy) is 1. The van der Waals surface area contributed by atoms with Gasteiger partial charge in [-0.3, -0.25) is 0 Å². The highest BCUT2D eigenvalue weighted by Crippen LogP contribution is 2.46. The van der Waals surface area contributed by atoms with E-state index in [0.29, 0.717) is 5.92 Å². The fraction of sp³-hybridized carbons (Fsp3) is 0.571. The van der Waals surface area contributed by atoms with Gasteiger partial charge in [0.05, 0.1) is 6.61 Å². The number of hydrogen-bond donors (Lipinski definition) is 4. The van der Waals surface area contributed by atoms with Gasteiger partial charge in [0, 0.05) is 0 Å². The SMILES string of the molecule is Cc1ccc(Cc2cc([C@@H]3O[C@H](CO)[C@H](O)[C@H](O)[C@@H]3O)c(C3CCCC3)c3c2CCC3)cc1. The fourth-order valence-electron chi connectivity index (χ4n) is 6.30. The van der Waals surface area contributed by atoms with Crippen molar-refractivity contribution in [1.82, 2.24) is 0 Å². The molecule has 2 fully saturated rings. The molecule has 2 aromatic rings. The molecule has 1 saturated heterocycles. The second-order valence-electron chi connectivity index (χ2n) is 10.2. The van der Waals surface area contributed by atoms with Crippen LogP contribution < -0.4 is 0 Å². The minimum Gasteiger partial charge on any atom is -0.394 e. The third-order valence-corrected chi connectivity index (χ3v) is 8.05. The van der Waals surface area contributed by atoms with Crippen molar-refractivity contribution in [3.05, 3.63) is 69.3 Å². The molecule has 5 atom stereocenters. The van der Waals surface area contributed by atoms with E-state index in [4.69, 9.17) is 4.74 Å². The molecule has 5 nitrogen and oxygen atoms in total. The summed E-state index contributed by atoms with van der Waals surface area (Å²) in [5.41, 5.74) is 8.87. The molecular formula is C28H36O5. The van der Waals surface area contributed by atoms with Crippen LogP contribution in [0.2, 0.25) is 0 Å². The number of benzene rings is 2. The van der Waals surface area contributed by atoms with Gasteiger partial charge in [0.2, 0.25) is 0 Å². The third-order valence-electron chi connectivity index (χ3n) is 8.05. The van der Waals surface area contributed by atoms with E-state index in [1.54, 1.807) is 0 Å². The summed E-state index contributed by atoms with van der Waals surface area (Å²) in [6.45, 7) is 1.69. The van der Waals surface area contributed by atoms with Crippen molar-refractivity contribution in [2.45, 2.75) is 94.7 Å². The fourth-order valence-corrected chi connectivity index (χ4v) is 6.30. The van der Waals surface area contributed by atoms with Gasteiger partial charge in [-0.05, 0) is 84.7 Å². The van der Waals surface area contributed by atoms with E-state index in [-0.39, 0.29) is 0 Å². The largest absolute Gasteiger partial charge is 0.394 e. The molecule has 178 valence electrons. The Balaban J connectivity index is 1.62. The Bertz CT molecular complexity index is 977. The first-order valence-corrected chi connectivity index (χ1v) is 12.5. The van der Waals surface area contributed by atoms with Crippen LogP contribution in [-0.2, 0) is 24.0 Å². The molecule has 4 N–H and O–H groups in total. The Hall–Kier alpha value is -1.76. The van der Waals surface area contributed by atoms with Crippen LogP contribution in [0.1, 0.15) is 83.1 Å². The predicted octanol–water partition coefficient (Wildman–Crippen LogP) is 3.25. The lowest BCUT2D eigenvalue weighted by Gasteiger charge is -2.41. The van der Waals surface area contributed by atoms with Crippen LogP contribution in [-0.4, -0.2) is 51.4 Å². The molecule has 2 aromatic carbocycles. The summed E-state index contributed by atoms with van der Waals surface area (Å²) in [7, 11) is 0. The maximum absolute atomic E-state index is 11.0. The minimum atomic E-state index is -1.36. The molecule has 5 heteroatoms. The summed E-state index contributed by atoms with van der Waals surface area (Å²) >= 11 is 0. The lowest BCUT2D eigenvalue weighted by molar-refractivity contribution is -0.232. The summed E-state index contributed by atoms with van der Waals surface area (Å²) in [6, 6.07) is 10.8. The first-order valence-electron chi connectivity index (χ1n) is 12.5. The summed E-state index contributed by atoms with van der Waals surface area (Å²) in [5.74, 6) is 0.438. The summed E-state index contributed by atoms with van der Waals surface area (Å²) < 4.78 is 6.09. The molecule has 1 heterocycles. The van der Waals surface area contributed by atoms with Crippen LogP contribution in [0.3, 0.4) is 0 Å². The van der Waals surface area contributed by atoms with Gasteiger partial charge in [0.25, 0.3) is 0 Å². The van der Waals surface area contributed by atoms with Crippen molar-refractivity contribution in [2.75, 3.05) is 6.61 Å². The van der Waals surface area contributed by atoms with Crippen molar-refractivity contribution in [3.8, 4) is 0 Å². The van der Waals surface area contributed by atoms with Gasteiger partial charge in [-0.25, -0.2) is 0 Å². The Morgan fingerprint density at radius 1 is 0.879 bits per heavy atom. The van der Waals surface area contributed by atoms with Gasteiger partial charge >= 0.3 is 0 Å². The number of hydrogen-bond acceptors (Lipinski definition) is 5. The van der Waals surface area contributed by atoms with E-state index >= 15 is 0 Å². The first kappa shape index (κ1) is 23.0. The molecule has 2 aliphatic carbocycles. The first-order chi connectivity index (χ1) is 16.0. The lowest BCUT2D eigenvalue weighted by atomic mass is 9.79. The summed E-state index contributed by atoms with van der Waals surface area (Å²) in [4.78, 5) is 0. The molecule has 1 saturated carbocycles. The van der Waals surface area contributed by atoms with Gasteiger partial charge in [-0.1, -0.05) is 48.7 Å². The van der Waals surface area contributed by atoms with Crippen LogP contribution in [0.25, 0.3) is 0 Å². The highest BCUT2D eigenvalue weighted by Gasteiger charge is 2.45. The molecule has 0 radical (unpaired) electrons. The van der Waals surface area contributed by atoms with Crippen molar-refractivity contribution in [2.24, 2.45) is 0 Å². The second kappa shape index (κ2) is 9.47. The smallest absolute Gasteiger partial charge is 0.113 e. The number of rotatable bonds is 5. The van der Waals surface area contributed by atoms with Gasteiger partial charge in [0.1, 0.15) is 30.5 Å². The lowest BCUT2D eigenvalue weighted by Crippen LogP contribution is -2.55. The molecule has 1 aliphatic heterocycles. The van der Waals surface area contributed by atoms with Crippen LogP contribution in [0, 0.1) is 6.92 Å². The van der Waals surface area contributed by atoms with Crippen LogP contribution in [0.4, 0.5) is 0 Å². The molecule has 0 bridgehead atoms. The Labute approximate surface area is 196 Å². The molecule has 0 amide bonds. The van der Waals surface area contributed by atoms with Crippen molar-refractivity contribution in [3.63, 3.8) is 0 Å². The zero-order valence-electron chi connectivity index (χ0n) is 19.4. The monoisotopic (exact) mass is 452 g/mol. The number of aliphatic hydroxyl groups excluding tert-OH is 4. The quantitative estimate of drug-likeness (QED) is 0.559. The molecule has 3 aliphatic rings. The van der Waals surface area contributed by atoms with E-state index in [9.17, 15) is 20.4 Å². The molecule has 0 spiro atoms. The van der Waals surface area contributed by atoms with E-state index in [1.807, 2.05) is 0 Å². The van der Waals surface area contributed by atoms with Crippen molar-refractivity contribution < 1.29 is 25.2 Å². The highest BCUT2D eigenvalue weighted by atomic mass is 16.5. The standard InChI is InChI=1S/C28H36O5/c1-16-9-11-17(12-10-16)13-19-14-22(28-27(32)26(31)25(30)23(15-29)33-28)24(18-5-2-3-6-18)21-8-4-7-20(19)21/h9-12,14,18,23,25-32H,2-8,13,15H2,1H3/t23-,25+,26+,27+,28+/m1/s1. The number of fused-ring (bicyclic) bond motifs is 1. The molecular weight excluding hydrogens is 416 g/mol. The van der Waals surface area contributed by atoms with Gasteiger partial charge < -0.3 is 25.2 Å².